The SMILES string of the molecule is CCCc1cc(NC(=O)c2cc(O)ccc2O)n[nH]1. The van der Waals surface area contributed by atoms with Crippen LogP contribution >= 0.6 is 0 Å². The van der Waals surface area contributed by atoms with E-state index in [1.54, 1.807) is 6.07 Å². The molecule has 6 heteroatoms. The third-order valence-corrected chi connectivity index (χ3v) is 2.62. The second kappa shape index (κ2) is 5.43. The van der Waals surface area contributed by atoms with Crippen LogP contribution in [0.3, 0.4) is 0 Å². The molecule has 0 spiro atoms. The summed E-state index contributed by atoms with van der Waals surface area (Å²) < 4.78 is 0. The molecular formula is C13H15N3O3. The molecule has 2 rings (SSSR count). The highest BCUT2D eigenvalue weighted by Crippen LogP contribution is 2.23. The van der Waals surface area contributed by atoms with E-state index in [1.165, 1.54) is 18.2 Å². The van der Waals surface area contributed by atoms with Gasteiger partial charge in [-0.25, -0.2) is 0 Å². The number of aromatic nitrogens is 2. The number of nitrogens with one attached hydrogen (secondary N) is 2. The van der Waals surface area contributed by atoms with E-state index >= 15 is 0 Å². The van der Waals surface area contributed by atoms with Crippen LogP contribution in [-0.2, 0) is 6.42 Å². The Morgan fingerprint density at radius 1 is 1.37 bits per heavy atom. The van der Waals surface area contributed by atoms with Crippen molar-refractivity contribution in [1.29, 1.82) is 0 Å². The molecule has 0 radical (unpaired) electrons. The number of rotatable bonds is 4. The molecule has 100 valence electrons. The summed E-state index contributed by atoms with van der Waals surface area (Å²) in [5.41, 5.74) is 0.929. The molecule has 0 aliphatic rings. The van der Waals surface area contributed by atoms with Crippen molar-refractivity contribution < 1.29 is 15.0 Å². The normalized spacial score (nSPS) is 10.4. The molecule has 1 aromatic heterocycles. The third kappa shape index (κ3) is 3.04. The van der Waals surface area contributed by atoms with Gasteiger partial charge in [0.15, 0.2) is 5.82 Å². The number of carbonyl (C=O) groups excluding carboxylic acids is 1. The van der Waals surface area contributed by atoms with Crippen LogP contribution in [-0.4, -0.2) is 26.3 Å². The van der Waals surface area contributed by atoms with Gasteiger partial charge in [-0.1, -0.05) is 13.3 Å². The average Bonchev–Trinajstić information content (AvgIpc) is 2.80. The first-order valence-electron chi connectivity index (χ1n) is 5.97. The number of phenolic OH excluding ortho intramolecular Hbond substituents is 2. The Morgan fingerprint density at radius 2 is 2.16 bits per heavy atom. The monoisotopic (exact) mass is 261 g/mol. The molecule has 0 fully saturated rings. The predicted octanol–water partition coefficient (Wildman–Crippen LogP) is 2.03. The Balaban J connectivity index is 2.13. The van der Waals surface area contributed by atoms with Gasteiger partial charge in [0.25, 0.3) is 5.91 Å². The predicted molar refractivity (Wildman–Crippen MR) is 70.3 cm³/mol. The van der Waals surface area contributed by atoms with Crippen molar-refractivity contribution in [3.8, 4) is 11.5 Å². The molecule has 0 saturated heterocycles. The van der Waals surface area contributed by atoms with Crippen LogP contribution in [0.25, 0.3) is 0 Å². The zero-order valence-corrected chi connectivity index (χ0v) is 10.5. The van der Waals surface area contributed by atoms with Gasteiger partial charge in [0.05, 0.1) is 5.56 Å². The summed E-state index contributed by atoms with van der Waals surface area (Å²) in [6, 6.07) is 5.50. The summed E-state index contributed by atoms with van der Waals surface area (Å²) in [4.78, 5) is 11.9. The number of hydrogen-bond donors (Lipinski definition) is 4. The number of H-pyrrole nitrogens is 1. The Kier molecular flexibility index (Phi) is 3.70. The molecule has 0 aliphatic heterocycles. The quantitative estimate of drug-likeness (QED) is 0.633. The van der Waals surface area contributed by atoms with Crippen molar-refractivity contribution in [1.82, 2.24) is 10.2 Å². The summed E-state index contributed by atoms with van der Waals surface area (Å²) in [5, 5.41) is 28.2. The van der Waals surface area contributed by atoms with Crippen LogP contribution in [0, 0.1) is 0 Å². The molecule has 0 bridgehead atoms. The largest absolute Gasteiger partial charge is 0.508 e. The van der Waals surface area contributed by atoms with E-state index in [9.17, 15) is 15.0 Å². The lowest BCUT2D eigenvalue weighted by Gasteiger charge is -2.04. The molecule has 1 aromatic carbocycles. The molecule has 19 heavy (non-hydrogen) atoms. The number of carbonyl (C=O) groups is 1. The van der Waals surface area contributed by atoms with Gasteiger partial charge < -0.3 is 15.5 Å². The fraction of sp³-hybridized carbons (Fsp3) is 0.231. The summed E-state index contributed by atoms with van der Waals surface area (Å²) in [7, 11) is 0. The number of phenols is 2. The summed E-state index contributed by atoms with van der Waals surface area (Å²) in [5.74, 6) is -0.421. The number of aromatic amines is 1. The maximum Gasteiger partial charge on any atom is 0.260 e. The van der Waals surface area contributed by atoms with Gasteiger partial charge in [0, 0.05) is 11.8 Å². The fourth-order valence-electron chi connectivity index (χ4n) is 1.71. The van der Waals surface area contributed by atoms with E-state index in [2.05, 4.69) is 15.5 Å². The van der Waals surface area contributed by atoms with Gasteiger partial charge in [-0.15, -0.1) is 0 Å². The van der Waals surface area contributed by atoms with Crippen LogP contribution in [0.5, 0.6) is 11.5 Å². The van der Waals surface area contributed by atoms with Crippen LogP contribution in [0.4, 0.5) is 5.82 Å². The minimum atomic E-state index is -0.525. The van der Waals surface area contributed by atoms with Gasteiger partial charge in [-0.05, 0) is 24.6 Å². The van der Waals surface area contributed by atoms with Crippen molar-refractivity contribution in [2.45, 2.75) is 19.8 Å². The van der Waals surface area contributed by atoms with Gasteiger partial charge in [0.1, 0.15) is 11.5 Å². The first-order valence-corrected chi connectivity index (χ1v) is 5.97. The molecule has 0 atom stereocenters. The zero-order valence-electron chi connectivity index (χ0n) is 10.5. The second-order valence-corrected chi connectivity index (χ2v) is 4.18. The second-order valence-electron chi connectivity index (χ2n) is 4.18. The number of benzene rings is 1. The molecule has 2 aromatic rings. The first kappa shape index (κ1) is 12.9. The molecule has 1 heterocycles. The number of nitrogens with zero attached hydrogens (tertiary/aromatic N) is 1. The maximum absolute atomic E-state index is 11.9. The standard InChI is InChI=1S/C13H15N3O3/c1-2-3-8-6-12(16-15-8)14-13(19)10-7-9(17)4-5-11(10)18/h4-7,17-18H,2-3H2,1H3,(H2,14,15,16,19). The summed E-state index contributed by atoms with van der Waals surface area (Å²) in [6.07, 6.45) is 1.82. The molecule has 4 N–H and O–H groups in total. The van der Waals surface area contributed by atoms with Crippen molar-refractivity contribution >= 4 is 11.7 Å². The summed E-state index contributed by atoms with van der Waals surface area (Å²) in [6.45, 7) is 2.05. The highest BCUT2D eigenvalue weighted by molar-refractivity contribution is 6.05. The third-order valence-electron chi connectivity index (χ3n) is 2.62. The molecule has 1 amide bonds. The van der Waals surface area contributed by atoms with Crippen molar-refractivity contribution in [3.63, 3.8) is 0 Å². The molecule has 0 saturated carbocycles. The minimum Gasteiger partial charge on any atom is -0.508 e. The Labute approximate surface area is 110 Å². The lowest BCUT2D eigenvalue weighted by atomic mass is 10.1. The lowest BCUT2D eigenvalue weighted by Crippen LogP contribution is -2.12. The van der Waals surface area contributed by atoms with E-state index in [-0.39, 0.29) is 17.1 Å². The maximum atomic E-state index is 11.9. The van der Waals surface area contributed by atoms with Crippen LogP contribution < -0.4 is 5.32 Å². The fourth-order valence-corrected chi connectivity index (χ4v) is 1.71. The van der Waals surface area contributed by atoms with Gasteiger partial charge in [-0.2, -0.15) is 5.10 Å². The van der Waals surface area contributed by atoms with Crippen LogP contribution in [0.1, 0.15) is 29.4 Å². The number of aromatic hydroxyl groups is 2. The highest BCUT2D eigenvalue weighted by atomic mass is 16.3. The average molecular weight is 261 g/mol. The number of anilines is 1. The van der Waals surface area contributed by atoms with E-state index in [1.807, 2.05) is 6.92 Å². The van der Waals surface area contributed by atoms with E-state index in [4.69, 9.17) is 0 Å². The van der Waals surface area contributed by atoms with Crippen molar-refractivity contribution in [2.24, 2.45) is 0 Å². The smallest absolute Gasteiger partial charge is 0.260 e. The lowest BCUT2D eigenvalue weighted by molar-refractivity contribution is 0.102. The Morgan fingerprint density at radius 3 is 2.89 bits per heavy atom. The van der Waals surface area contributed by atoms with E-state index in [0.29, 0.717) is 5.82 Å². The van der Waals surface area contributed by atoms with Crippen molar-refractivity contribution in [2.75, 3.05) is 5.32 Å². The van der Waals surface area contributed by atoms with E-state index in [0.717, 1.165) is 18.5 Å². The summed E-state index contributed by atoms with van der Waals surface area (Å²) >= 11 is 0. The number of aryl methyl sites for hydroxylation is 1. The number of hydrogen-bond acceptors (Lipinski definition) is 4. The number of amides is 1. The van der Waals surface area contributed by atoms with E-state index < -0.39 is 5.91 Å². The van der Waals surface area contributed by atoms with Gasteiger partial charge in [0.2, 0.25) is 0 Å². The Bertz CT molecular complexity index is 593. The minimum absolute atomic E-state index is 0.0000384. The molecule has 0 unspecified atom stereocenters. The molecule has 0 aliphatic carbocycles. The van der Waals surface area contributed by atoms with Gasteiger partial charge in [-0.3, -0.25) is 9.89 Å². The van der Waals surface area contributed by atoms with Gasteiger partial charge >= 0.3 is 0 Å². The van der Waals surface area contributed by atoms with Crippen LogP contribution in [0.15, 0.2) is 24.3 Å². The highest BCUT2D eigenvalue weighted by Gasteiger charge is 2.13. The zero-order chi connectivity index (χ0) is 13.8. The molecule has 6 nitrogen and oxygen atoms in total. The topological polar surface area (TPSA) is 98.2 Å². The molecular weight excluding hydrogens is 246 g/mol. The van der Waals surface area contributed by atoms with Crippen LogP contribution in [0.2, 0.25) is 0 Å². The Hall–Kier alpha value is -2.50. The first-order chi connectivity index (χ1) is 9.10. The van der Waals surface area contributed by atoms with Crippen molar-refractivity contribution in [3.05, 3.63) is 35.5 Å².